The van der Waals surface area contributed by atoms with E-state index in [1.165, 1.54) is 6.07 Å². The van der Waals surface area contributed by atoms with Crippen molar-refractivity contribution in [3.8, 4) is 0 Å². The number of rotatable bonds is 2. The van der Waals surface area contributed by atoms with Crippen molar-refractivity contribution in [2.24, 2.45) is 7.05 Å². The van der Waals surface area contributed by atoms with Crippen LogP contribution in [0.5, 0.6) is 0 Å². The molecule has 0 spiro atoms. The Morgan fingerprint density at radius 1 is 1.38 bits per heavy atom. The first kappa shape index (κ1) is 14.4. The molecule has 1 atom stereocenters. The first-order chi connectivity index (χ1) is 9.87. The van der Waals surface area contributed by atoms with Gasteiger partial charge in [-0.1, -0.05) is 6.92 Å². The van der Waals surface area contributed by atoms with E-state index in [0.717, 1.165) is 49.3 Å². The molecule has 0 saturated carbocycles. The molecule has 0 bridgehead atoms. The molecule has 114 valence electrons. The summed E-state index contributed by atoms with van der Waals surface area (Å²) in [5.74, 6) is 0.830. The lowest BCUT2D eigenvalue weighted by atomic mass is 9.93. The van der Waals surface area contributed by atoms with Crippen LogP contribution in [-0.4, -0.2) is 16.1 Å². The van der Waals surface area contributed by atoms with E-state index in [2.05, 4.69) is 17.2 Å². The van der Waals surface area contributed by atoms with Gasteiger partial charge in [0.15, 0.2) is 0 Å². The standard InChI is InChI=1S/C15H18F3N3/c1-3-14(7-4-8-19-14)13-20-11-9-10(15(16,17)18)5-6-12(11)21(13)2/h5-6,9,19H,3-4,7-8H2,1-2H3. The summed E-state index contributed by atoms with van der Waals surface area (Å²) in [6, 6.07) is 3.76. The normalized spacial score (nSPS) is 23.1. The molecule has 21 heavy (non-hydrogen) atoms. The fraction of sp³-hybridized carbons (Fsp3) is 0.533. The van der Waals surface area contributed by atoms with Crippen LogP contribution in [-0.2, 0) is 18.8 Å². The Morgan fingerprint density at radius 2 is 2.14 bits per heavy atom. The molecule has 1 aliphatic heterocycles. The third kappa shape index (κ3) is 2.21. The smallest absolute Gasteiger partial charge is 0.330 e. The Kier molecular flexibility index (Phi) is 3.24. The predicted molar refractivity (Wildman–Crippen MR) is 74.9 cm³/mol. The van der Waals surface area contributed by atoms with Gasteiger partial charge in [-0.15, -0.1) is 0 Å². The Bertz CT molecular complexity index is 667. The molecule has 1 aromatic carbocycles. The second-order valence-electron chi connectivity index (χ2n) is 5.66. The average Bonchev–Trinajstić information content (AvgIpc) is 3.03. The van der Waals surface area contributed by atoms with E-state index in [4.69, 9.17) is 0 Å². The lowest BCUT2D eigenvalue weighted by molar-refractivity contribution is -0.137. The van der Waals surface area contributed by atoms with Crippen LogP contribution in [0.3, 0.4) is 0 Å². The van der Waals surface area contributed by atoms with Crippen molar-refractivity contribution in [1.82, 2.24) is 14.9 Å². The largest absolute Gasteiger partial charge is 0.416 e. The molecule has 0 radical (unpaired) electrons. The van der Waals surface area contributed by atoms with E-state index in [9.17, 15) is 13.2 Å². The number of aromatic nitrogens is 2. The zero-order chi connectivity index (χ0) is 15.3. The van der Waals surface area contributed by atoms with Gasteiger partial charge in [0.1, 0.15) is 5.82 Å². The summed E-state index contributed by atoms with van der Waals surface area (Å²) in [5, 5.41) is 3.48. The molecule has 1 aliphatic rings. The van der Waals surface area contributed by atoms with Gasteiger partial charge in [0.2, 0.25) is 0 Å². The van der Waals surface area contributed by atoms with Gasteiger partial charge in [-0.3, -0.25) is 0 Å². The number of benzene rings is 1. The van der Waals surface area contributed by atoms with Crippen LogP contribution in [0.15, 0.2) is 18.2 Å². The Labute approximate surface area is 121 Å². The van der Waals surface area contributed by atoms with Crippen LogP contribution in [0, 0.1) is 0 Å². The summed E-state index contributed by atoms with van der Waals surface area (Å²) in [6.45, 7) is 3.00. The van der Waals surface area contributed by atoms with Crippen LogP contribution >= 0.6 is 0 Å². The van der Waals surface area contributed by atoms with Crippen molar-refractivity contribution < 1.29 is 13.2 Å². The highest BCUT2D eigenvalue weighted by Crippen LogP contribution is 2.36. The molecule has 0 aliphatic carbocycles. The summed E-state index contributed by atoms with van der Waals surface area (Å²) >= 11 is 0. The van der Waals surface area contributed by atoms with Gasteiger partial charge in [0, 0.05) is 7.05 Å². The maximum Gasteiger partial charge on any atom is 0.416 e. The Hall–Kier alpha value is -1.56. The molecule has 6 heteroatoms. The fourth-order valence-electron chi connectivity index (χ4n) is 3.26. The van der Waals surface area contributed by atoms with Gasteiger partial charge >= 0.3 is 6.18 Å². The van der Waals surface area contributed by atoms with E-state index in [0.29, 0.717) is 5.52 Å². The zero-order valence-corrected chi connectivity index (χ0v) is 12.1. The third-order valence-corrected chi connectivity index (χ3v) is 4.48. The van der Waals surface area contributed by atoms with Crippen LogP contribution in [0.25, 0.3) is 11.0 Å². The van der Waals surface area contributed by atoms with Crippen molar-refractivity contribution in [2.75, 3.05) is 6.54 Å². The molecule has 1 saturated heterocycles. The van der Waals surface area contributed by atoms with Crippen molar-refractivity contribution in [3.05, 3.63) is 29.6 Å². The summed E-state index contributed by atoms with van der Waals surface area (Å²) in [6.07, 6.45) is -1.44. The number of halogens is 3. The maximum atomic E-state index is 12.8. The lowest BCUT2D eigenvalue weighted by Gasteiger charge is -2.27. The Balaban J connectivity index is 2.15. The van der Waals surface area contributed by atoms with E-state index in [-0.39, 0.29) is 5.54 Å². The Morgan fingerprint density at radius 3 is 2.71 bits per heavy atom. The van der Waals surface area contributed by atoms with Crippen molar-refractivity contribution in [2.45, 2.75) is 37.9 Å². The number of aryl methyl sites for hydroxylation is 1. The minimum absolute atomic E-state index is 0.216. The number of imidazole rings is 1. The minimum Gasteiger partial charge on any atom is -0.330 e. The van der Waals surface area contributed by atoms with Gasteiger partial charge in [-0.05, 0) is 44.0 Å². The molecule has 3 rings (SSSR count). The van der Waals surface area contributed by atoms with Gasteiger partial charge in [0.25, 0.3) is 0 Å². The predicted octanol–water partition coefficient (Wildman–Crippen LogP) is 3.58. The summed E-state index contributed by atoms with van der Waals surface area (Å²) in [4.78, 5) is 4.51. The van der Waals surface area contributed by atoms with Crippen LogP contribution in [0.4, 0.5) is 13.2 Å². The van der Waals surface area contributed by atoms with Crippen LogP contribution in [0.2, 0.25) is 0 Å². The van der Waals surface area contributed by atoms with E-state index in [1.807, 2.05) is 11.6 Å². The fourth-order valence-corrected chi connectivity index (χ4v) is 3.26. The van der Waals surface area contributed by atoms with E-state index in [1.54, 1.807) is 0 Å². The van der Waals surface area contributed by atoms with Gasteiger partial charge in [-0.2, -0.15) is 13.2 Å². The molecule has 3 nitrogen and oxygen atoms in total. The number of hydrogen-bond acceptors (Lipinski definition) is 2. The highest BCUT2D eigenvalue weighted by atomic mass is 19.4. The molecule has 1 aromatic heterocycles. The third-order valence-electron chi connectivity index (χ3n) is 4.48. The van der Waals surface area contributed by atoms with Crippen molar-refractivity contribution in [3.63, 3.8) is 0 Å². The monoisotopic (exact) mass is 297 g/mol. The first-order valence-electron chi connectivity index (χ1n) is 7.16. The first-order valence-corrected chi connectivity index (χ1v) is 7.16. The second kappa shape index (κ2) is 4.73. The minimum atomic E-state index is -4.33. The highest BCUT2D eigenvalue weighted by Gasteiger charge is 2.38. The lowest BCUT2D eigenvalue weighted by Crippen LogP contribution is -2.38. The van der Waals surface area contributed by atoms with Gasteiger partial charge < -0.3 is 9.88 Å². The summed E-state index contributed by atoms with van der Waals surface area (Å²) in [5.41, 5.74) is 0.277. The molecular formula is C15H18F3N3. The van der Waals surface area contributed by atoms with Crippen LogP contribution in [0.1, 0.15) is 37.6 Å². The number of nitrogens with zero attached hydrogens (tertiary/aromatic N) is 2. The van der Waals surface area contributed by atoms with E-state index >= 15 is 0 Å². The van der Waals surface area contributed by atoms with E-state index < -0.39 is 11.7 Å². The SMILES string of the molecule is CCC1(c2nc3cc(C(F)(F)F)ccc3n2C)CCCN1. The number of alkyl halides is 3. The van der Waals surface area contributed by atoms with Crippen molar-refractivity contribution in [1.29, 1.82) is 0 Å². The molecule has 0 amide bonds. The molecule has 1 fully saturated rings. The quantitative estimate of drug-likeness (QED) is 0.918. The number of nitrogens with one attached hydrogen (secondary N) is 1. The molecule has 1 unspecified atom stereocenters. The van der Waals surface area contributed by atoms with Crippen molar-refractivity contribution >= 4 is 11.0 Å². The summed E-state index contributed by atoms with van der Waals surface area (Å²) in [7, 11) is 1.87. The second-order valence-corrected chi connectivity index (χ2v) is 5.66. The highest BCUT2D eigenvalue weighted by molar-refractivity contribution is 5.77. The molecule has 2 heterocycles. The van der Waals surface area contributed by atoms with Gasteiger partial charge in [-0.25, -0.2) is 4.98 Å². The topological polar surface area (TPSA) is 29.9 Å². The zero-order valence-electron chi connectivity index (χ0n) is 12.1. The molecular weight excluding hydrogens is 279 g/mol. The summed E-state index contributed by atoms with van der Waals surface area (Å²) < 4.78 is 40.4. The molecule has 1 N–H and O–H groups in total. The number of fused-ring (bicyclic) bond motifs is 1. The maximum absolute atomic E-state index is 12.8. The van der Waals surface area contributed by atoms with Gasteiger partial charge in [0.05, 0.1) is 22.1 Å². The van der Waals surface area contributed by atoms with Crippen LogP contribution < -0.4 is 5.32 Å². The molecule has 2 aromatic rings. The average molecular weight is 297 g/mol. The number of hydrogen-bond donors (Lipinski definition) is 1.